The molecule has 4 aliphatic heterocycles. The molecule has 2 nitrogen and oxygen atoms in total. The minimum Gasteiger partial charge on any atom is -0.366 e. The third-order valence-electron chi connectivity index (χ3n) is 9.23. The maximum Gasteiger partial charge on any atom is 0.109 e. The van der Waals surface area contributed by atoms with Crippen LogP contribution in [0.4, 0.5) is 0 Å². The third kappa shape index (κ3) is 2.54. The van der Waals surface area contributed by atoms with E-state index in [0.717, 1.165) is 0 Å². The van der Waals surface area contributed by atoms with Crippen molar-refractivity contribution in [2.24, 2.45) is 39.9 Å². The Morgan fingerprint density at radius 2 is 0.893 bits per heavy atom. The molecule has 5 rings (SSSR count). The Balaban J connectivity index is 1.64. The largest absolute Gasteiger partial charge is 0.366 e. The Morgan fingerprint density at radius 1 is 0.571 bits per heavy atom. The van der Waals surface area contributed by atoms with Crippen molar-refractivity contribution >= 4 is 7.85 Å². The lowest BCUT2D eigenvalue weighted by Crippen LogP contribution is -2.51. The second-order valence-corrected chi connectivity index (χ2v) is 13.3. The Morgan fingerprint density at radius 3 is 1.32 bits per heavy atom. The van der Waals surface area contributed by atoms with Gasteiger partial charge in [-0.2, -0.15) is 0 Å². The van der Waals surface area contributed by atoms with Gasteiger partial charge in [0.1, 0.15) is 7.85 Å². The van der Waals surface area contributed by atoms with Gasteiger partial charge in [0.2, 0.25) is 0 Å². The molecular formula is C25H39BO2. The summed E-state index contributed by atoms with van der Waals surface area (Å²) in [5.41, 5.74) is 0.730. The highest BCUT2D eigenvalue weighted by molar-refractivity contribution is 6.15. The first-order valence-electron chi connectivity index (χ1n) is 11.5. The lowest BCUT2D eigenvalue weighted by atomic mass is 9.43. The SMILES string of the molecule is BC1(C)CC(C)(C)C2C3C=CC(O3)C2C(C)(C)CC(C)(C)C2C3C=CC(O3)C21. The van der Waals surface area contributed by atoms with E-state index in [1.807, 2.05) is 0 Å². The van der Waals surface area contributed by atoms with E-state index in [-0.39, 0.29) is 21.6 Å². The molecule has 0 amide bonds. The zero-order valence-electron chi connectivity index (χ0n) is 19.2. The number of fused-ring (bicyclic) bond motifs is 10. The summed E-state index contributed by atoms with van der Waals surface area (Å²) in [4.78, 5) is 0. The molecule has 0 aromatic carbocycles. The summed E-state index contributed by atoms with van der Waals surface area (Å²) in [5.74, 6) is 2.39. The predicted octanol–water partition coefficient (Wildman–Crippen LogP) is 4.81. The summed E-state index contributed by atoms with van der Waals surface area (Å²) in [5, 5.41) is 0.243. The van der Waals surface area contributed by atoms with Crippen LogP contribution in [-0.4, -0.2) is 32.3 Å². The summed E-state index contributed by atoms with van der Waals surface area (Å²) >= 11 is 0. The van der Waals surface area contributed by atoms with Gasteiger partial charge in [0.15, 0.2) is 0 Å². The molecule has 1 saturated carbocycles. The van der Waals surface area contributed by atoms with Crippen LogP contribution in [0.1, 0.15) is 61.3 Å². The van der Waals surface area contributed by atoms with Gasteiger partial charge in [-0.1, -0.05) is 78.1 Å². The van der Waals surface area contributed by atoms with Gasteiger partial charge < -0.3 is 9.47 Å². The highest BCUT2D eigenvalue weighted by Crippen LogP contribution is 2.66. The van der Waals surface area contributed by atoms with Crippen LogP contribution in [0, 0.1) is 39.9 Å². The van der Waals surface area contributed by atoms with Crippen molar-refractivity contribution < 1.29 is 9.47 Å². The predicted molar refractivity (Wildman–Crippen MR) is 117 cm³/mol. The lowest BCUT2D eigenvalue weighted by Gasteiger charge is -2.56. The van der Waals surface area contributed by atoms with Gasteiger partial charge >= 0.3 is 0 Å². The van der Waals surface area contributed by atoms with Gasteiger partial charge in [0.25, 0.3) is 0 Å². The van der Waals surface area contributed by atoms with Gasteiger partial charge in [-0.15, -0.1) is 0 Å². The van der Waals surface area contributed by atoms with E-state index in [0.29, 0.717) is 48.1 Å². The topological polar surface area (TPSA) is 18.5 Å². The molecule has 0 radical (unpaired) electrons. The smallest absolute Gasteiger partial charge is 0.109 e. The van der Waals surface area contributed by atoms with E-state index < -0.39 is 0 Å². The number of hydrogen-bond acceptors (Lipinski definition) is 2. The molecule has 0 N–H and O–H groups in total. The van der Waals surface area contributed by atoms with E-state index in [4.69, 9.17) is 9.47 Å². The maximum absolute atomic E-state index is 6.52. The first-order valence-corrected chi connectivity index (χ1v) is 11.5. The minimum atomic E-state index is 0.243. The summed E-state index contributed by atoms with van der Waals surface area (Å²) in [6.45, 7) is 17.6. The van der Waals surface area contributed by atoms with Crippen LogP contribution in [0.2, 0.25) is 5.31 Å². The Kier molecular flexibility index (Phi) is 3.87. The van der Waals surface area contributed by atoms with Crippen molar-refractivity contribution in [1.82, 2.24) is 0 Å². The van der Waals surface area contributed by atoms with Crippen LogP contribution in [0.15, 0.2) is 24.3 Å². The van der Waals surface area contributed by atoms with Crippen molar-refractivity contribution in [3.05, 3.63) is 24.3 Å². The van der Waals surface area contributed by atoms with E-state index in [9.17, 15) is 0 Å². The fourth-order valence-electron chi connectivity index (χ4n) is 9.16. The zero-order chi connectivity index (χ0) is 20.3. The first-order chi connectivity index (χ1) is 12.8. The second kappa shape index (κ2) is 5.58. The molecule has 0 spiro atoms. The maximum atomic E-state index is 6.52. The summed E-state index contributed by atoms with van der Waals surface area (Å²) < 4.78 is 13.0. The molecule has 2 saturated heterocycles. The van der Waals surface area contributed by atoms with E-state index in [2.05, 4.69) is 80.6 Å². The van der Waals surface area contributed by atoms with Crippen LogP contribution < -0.4 is 0 Å². The Labute approximate surface area is 172 Å². The molecule has 3 fully saturated rings. The summed E-state index contributed by atoms with van der Waals surface area (Å²) in [7, 11) is 2.52. The summed E-state index contributed by atoms with van der Waals surface area (Å²) in [6.07, 6.45) is 13.1. The van der Waals surface area contributed by atoms with Crippen LogP contribution in [0.5, 0.6) is 0 Å². The number of rotatable bonds is 0. The molecule has 0 aromatic heterocycles. The molecule has 154 valence electrons. The zero-order valence-corrected chi connectivity index (χ0v) is 19.2. The van der Waals surface area contributed by atoms with Crippen LogP contribution >= 0.6 is 0 Å². The van der Waals surface area contributed by atoms with Gasteiger partial charge in [-0.25, -0.2) is 0 Å². The van der Waals surface area contributed by atoms with Crippen molar-refractivity contribution in [2.75, 3.05) is 0 Å². The average Bonchev–Trinajstić information content (AvgIpc) is 3.29. The van der Waals surface area contributed by atoms with Crippen molar-refractivity contribution in [1.29, 1.82) is 0 Å². The normalized spacial score (nSPS) is 54.5. The van der Waals surface area contributed by atoms with E-state index in [1.165, 1.54) is 12.8 Å². The van der Waals surface area contributed by atoms with Crippen LogP contribution in [0.3, 0.4) is 0 Å². The molecule has 3 heteroatoms. The Hall–Kier alpha value is -0.535. The highest BCUT2D eigenvalue weighted by Gasteiger charge is 2.63. The van der Waals surface area contributed by atoms with E-state index in [1.54, 1.807) is 0 Å². The van der Waals surface area contributed by atoms with Crippen molar-refractivity contribution in [3.63, 3.8) is 0 Å². The highest BCUT2D eigenvalue weighted by atomic mass is 16.5. The molecule has 9 unspecified atom stereocenters. The first kappa shape index (κ1) is 19.4. The van der Waals surface area contributed by atoms with Crippen LogP contribution in [-0.2, 0) is 9.47 Å². The molecule has 5 aliphatic rings. The number of hydrogen-bond donors (Lipinski definition) is 0. The number of ether oxygens (including phenoxy) is 2. The molecule has 0 aromatic rings. The van der Waals surface area contributed by atoms with Gasteiger partial charge in [-0.05, 0) is 52.8 Å². The standard InChI is InChI=1S/C25H39BO2/c1-22(2)12-23(3,4)20-16-10-11-17(28-16)21(20)25(7,26)13-24(5,6)19-15-9-8-14(27-15)18(19)22/h8-11,14-21H,12-13,26H2,1-7H3. The molecule has 9 atom stereocenters. The fourth-order valence-corrected chi connectivity index (χ4v) is 9.16. The molecule has 4 heterocycles. The van der Waals surface area contributed by atoms with E-state index >= 15 is 0 Å². The third-order valence-corrected chi connectivity index (χ3v) is 9.23. The summed E-state index contributed by atoms with van der Waals surface area (Å²) in [6, 6.07) is 0. The monoisotopic (exact) mass is 382 g/mol. The molecule has 28 heavy (non-hydrogen) atoms. The lowest BCUT2D eigenvalue weighted by molar-refractivity contribution is -0.0262. The molecule has 1 aliphatic carbocycles. The molecule has 4 bridgehead atoms. The quantitative estimate of drug-likeness (QED) is 0.442. The second-order valence-electron chi connectivity index (χ2n) is 13.3. The average molecular weight is 382 g/mol. The fraction of sp³-hybridized carbons (Fsp3) is 0.840. The van der Waals surface area contributed by atoms with Crippen molar-refractivity contribution in [3.8, 4) is 0 Å². The minimum absolute atomic E-state index is 0.243. The van der Waals surface area contributed by atoms with Gasteiger partial charge in [0, 0.05) is 0 Å². The van der Waals surface area contributed by atoms with Gasteiger partial charge in [-0.3, -0.25) is 0 Å². The van der Waals surface area contributed by atoms with Crippen molar-refractivity contribution in [2.45, 2.75) is 91.0 Å². The molecular weight excluding hydrogens is 343 g/mol. The Bertz CT molecular complexity index is 613. The van der Waals surface area contributed by atoms with Crippen LogP contribution in [0.25, 0.3) is 0 Å². The van der Waals surface area contributed by atoms with Gasteiger partial charge in [0.05, 0.1) is 24.4 Å².